The summed E-state index contributed by atoms with van der Waals surface area (Å²) in [4.78, 5) is 12.3. The molecule has 0 heterocycles. The number of para-hydroxylation sites is 1. The fourth-order valence-corrected chi connectivity index (χ4v) is 2.68. The molecule has 0 aliphatic carbocycles. The average Bonchev–Trinajstić information content (AvgIpc) is 2.76. The molecule has 0 saturated heterocycles. The van der Waals surface area contributed by atoms with Gasteiger partial charge in [0.05, 0.1) is 12.8 Å². The summed E-state index contributed by atoms with van der Waals surface area (Å²) in [5.41, 5.74) is 4.20. The Hall–Kier alpha value is -3.80. The lowest BCUT2D eigenvalue weighted by molar-refractivity contribution is -0.121. The summed E-state index contributed by atoms with van der Waals surface area (Å²) in [6, 6.07) is 24.0. The number of rotatable bonds is 9. The van der Waals surface area contributed by atoms with Crippen LogP contribution in [0.2, 0.25) is 0 Å². The molecule has 6 nitrogen and oxygen atoms in total. The maximum Gasteiger partial charge on any atom is 0.262 e. The molecule has 2 N–H and O–H groups in total. The summed E-state index contributed by atoms with van der Waals surface area (Å²) in [5, 5.41) is 7.19. The lowest BCUT2D eigenvalue weighted by Gasteiger charge is -2.14. The van der Waals surface area contributed by atoms with Gasteiger partial charge in [-0.05, 0) is 67.9 Å². The largest absolute Gasteiger partial charge is 0.494 e. The topological polar surface area (TPSA) is 72.0 Å². The molecule has 6 heteroatoms. The minimum atomic E-state index is -0.451. The Morgan fingerprint density at radius 1 is 0.967 bits per heavy atom. The second kappa shape index (κ2) is 10.7. The van der Waals surface area contributed by atoms with Crippen molar-refractivity contribution < 1.29 is 14.3 Å². The van der Waals surface area contributed by atoms with Crippen LogP contribution in [0, 0.1) is 0 Å². The van der Waals surface area contributed by atoms with Gasteiger partial charge in [-0.1, -0.05) is 30.3 Å². The Bertz CT molecular complexity index is 973. The van der Waals surface area contributed by atoms with Gasteiger partial charge in [-0.25, -0.2) is 5.43 Å². The van der Waals surface area contributed by atoms with Crippen LogP contribution >= 0.6 is 0 Å². The van der Waals surface area contributed by atoms with Gasteiger partial charge in [-0.3, -0.25) is 4.79 Å². The number of hydrogen-bond acceptors (Lipinski definition) is 5. The highest BCUT2D eigenvalue weighted by atomic mass is 16.5. The van der Waals surface area contributed by atoms with Crippen LogP contribution in [0.15, 0.2) is 84.0 Å². The number of nitrogens with one attached hydrogen (secondary N) is 2. The molecule has 30 heavy (non-hydrogen) atoms. The Morgan fingerprint density at radius 3 is 2.43 bits per heavy atom. The average molecular weight is 403 g/mol. The third kappa shape index (κ3) is 6.38. The Kier molecular flexibility index (Phi) is 7.44. The van der Waals surface area contributed by atoms with Crippen LogP contribution in [0.5, 0.6) is 17.2 Å². The molecular weight excluding hydrogens is 378 g/mol. The van der Waals surface area contributed by atoms with Crippen molar-refractivity contribution in [2.24, 2.45) is 5.10 Å². The highest BCUT2D eigenvalue weighted by Gasteiger charge is 2.11. The fourth-order valence-electron chi connectivity index (χ4n) is 2.68. The van der Waals surface area contributed by atoms with Crippen LogP contribution in [0.4, 0.5) is 5.69 Å². The maximum atomic E-state index is 12.3. The molecule has 0 aromatic heterocycles. The van der Waals surface area contributed by atoms with Crippen molar-refractivity contribution in [3.8, 4) is 17.2 Å². The van der Waals surface area contributed by atoms with E-state index in [1.807, 2.05) is 85.8 Å². The smallest absolute Gasteiger partial charge is 0.262 e. The van der Waals surface area contributed by atoms with E-state index in [-0.39, 0.29) is 5.91 Å². The third-order valence-electron chi connectivity index (χ3n) is 4.17. The van der Waals surface area contributed by atoms with Gasteiger partial charge in [-0.15, -0.1) is 0 Å². The molecule has 3 aromatic rings. The van der Waals surface area contributed by atoms with E-state index in [1.165, 1.54) is 0 Å². The van der Waals surface area contributed by atoms with Crippen LogP contribution in [0.1, 0.15) is 19.4 Å². The monoisotopic (exact) mass is 403 g/mol. The second-order valence-electron chi connectivity index (χ2n) is 6.55. The van der Waals surface area contributed by atoms with Crippen molar-refractivity contribution in [2.75, 3.05) is 11.9 Å². The predicted molar refractivity (Wildman–Crippen MR) is 119 cm³/mol. The molecule has 0 bridgehead atoms. The summed E-state index contributed by atoms with van der Waals surface area (Å²) in [5.74, 6) is 2.01. The zero-order valence-electron chi connectivity index (χ0n) is 17.0. The Balaban J connectivity index is 1.51. The number of carbonyl (C=O) groups excluding carboxylic acids is 1. The molecule has 0 spiro atoms. The van der Waals surface area contributed by atoms with Crippen molar-refractivity contribution in [1.29, 1.82) is 0 Å². The molecule has 3 rings (SSSR count). The van der Waals surface area contributed by atoms with Gasteiger partial charge in [0.25, 0.3) is 5.91 Å². The minimum Gasteiger partial charge on any atom is -0.494 e. The molecule has 1 unspecified atom stereocenters. The van der Waals surface area contributed by atoms with Gasteiger partial charge in [0.15, 0.2) is 0 Å². The lowest BCUT2D eigenvalue weighted by atomic mass is 10.2. The molecule has 0 saturated carbocycles. The number of ether oxygens (including phenoxy) is 2. The minimum absolute atomic E-state index is 0.239. The number of hydrogen-bond donors (Lipinski definition) is 2. The standard InChI is InChI=1S/C24H25N3O3/c1-3-29-21-14-12-20(13-15-21)26-18(2)24(28)27-25-17-19-8-7-11-23(16-19)30-22-9-5-4-6-10-22/h4-18,26H,3H2,1-2H3,(H,27,28). The van der Waals surface area contributed by atoms with Gasteiger partial charge >= 0.3 is 0 Å². The van der Waals surface area contributed by atoms with Gasteiger partial charge in [0.2, 0.25) is 0 Å². The van der Waals surface area contributed by atoms with Crippen molar-refractivity contribution in [1.82, 2.24) is 5.43 Å². The van der Waals surface area contributed by atoms with E-state index in [0.29, 0.717) is 12.4 Å². The zero-order chi connectivity index (χ0) is 21.2. The second-order valence-corrected chi connectivity index (χ2v) is 6.55. The summed E-state index contributed by atoms with van der Waals surface area (Å²) in [6.07, 6.45) is 1.58. The summed E-state index contributed by atoms with van der Waals surface area (Å²) in [6.45, 7) is 4.33. The first-order valence-corrected chi connectivity index (χ1v) is 9.79. The summed E-state index contributed by atoms with van der Waals surface area (Å²) < 4.78 is 11.2. The highest BCUT2D eigenvalue weighted by molar-refractivity contribution is 5.86. The molecule has 0 fully saturated rings. The number of carbonyl (C=O) groups is 1. The van der Waals surface area contributed by atoms with E-state index < -0.39 is 6.04 Å². The first-order chi connectivity index (χ1) is 14.6. The van der Waals surface area contributed by atoms with Crippen LogP contribution in [0.3, 0.4) is 0 Å². The SMILES string of the molecule is CCOc1ccc(NC(C)C(=O)NN=Cc2cccc(Oc3ccccc3)c2)cc1. The molecule has 1 amide bonds. The quantitative estimate of drug-likeness (QED) is 0.397. The Labute approximate surface area is 176 Å². The number of nitrogens with zero attached hydrogens (tertiary/aromatic N) is 1. The van der Waals surface area contributed by atoms with E-state index in [0.717, 1.165) is 22.7 Å². The first-order valence-electron chi connectivity index (χ1n) is 9.79. The molecule has 1 atom stereocenters. The first kappa shape index (κ1) is 20.9. The van der Waals surface area contributed by atoms with E-state index in [1.54, 1.807) is 13.1 Å². The van der Waals surface area contributed by atoms with Crippen molar-refractivity contribution in [2.45, 2.75) is 19.9 Å². The van der Waals surface area contributed by atoms with Crippen LogP contribution in [-0.2, 0) is 4.79 Å². The molecule has 154 valence electrons. The predicted octanol–water partition coefficient (Wildman–Crippen LogP) is 4.83. The van der Waals surface area contributed by atoms with Crippen LogP contribution < -0.4 is 20.2 Å². The van der Waals surface area contributed by atoms with Gasteiger partial charge < -0.3 is 14.8 Å². The number of benzene rings is 3. The van der Waals surface area contributed by atoms with Crippen LogP contribution in [0.25, 0.3) is 0 Å². The van der Waals surface area contributed by atoms with E-state index >= 15 is 0 Å². The molecule has 3 aromatic carbocycles. The van der Waals surface area contributed by atoms with Crippen LogP contribution in [-0.4, -0.2) is 24.8 Å². The molecular formula is C24H25N3O3. The Morgan fingerprint density at radius 2 is 1.70 bits per heavy atom. The lowest BCUT2D eigenvalue weighted by Crippen LogP contribution is -2.34. The van der Waals surface area contributed by atoms with Crippen molar-refractivity contribution in [3.63, 3.8) is 0 Å². The zero-order valence-corrected chi connectivity index (χ0v) is 17.0. The number of amides is 1. The van der Waals surface area contributed by atoms with Crippen molar-refractivity contribution >= 4 is 17.8 Å². The normalized spacial score (nSPS) is 11.7. The molecule has 0 aliphatic heterocycles. The summed E-state index contributed by atoms with van der Waals surface area (Å²) in [7, 11) is 0. The highest BCUT2D eigenvalue weighted by Crippen LogP contribution is 2.21. The summed E-state index contributed by atoms with van der Waals surface area (Å²) >= 11 is 0. The van der Waals surface area contributed by atoms with E-state index in [2.05, 4.69) is 15.8 Å². The van der Waals surface area contributed by atoms with Gasteiger partial charge in [-0.2, -0.15) is 5.10 Å². The van der Waals surface area contributed by atoms with E-state index in [9.17, 15) is 4.79 Å². The third-order valence-corrected chi connectivity index (χ3v) is 4.17. The van der Waals surface area contributed by atoms with Gasteiger partial charge in [0.1, 0.15) is 23.3 Å². The molecule has 0 aliphatic rings. The number of anilines is 1. The number of hydrazone groups is 1. The molecule has 0 radical (unpaired) electrons. The van der Waals surface area contributed by atoms with Crippen molar-refractivity contribution in [3.05, 3.63) is 84.4 Å². The van der Waals surface area contributed by atoms with Gasteiger partial charge in [0, 0.05) is 5.69 Å². The maximum absolute atomic E-state index is 12.3. The van der Waals surface area contributed by atoms with E-state index in [4.69, 9.17) is 9.47 Å². The fraction of sp³-hybridized carbons (Fsp3) is 0.167.